The highest BCUT2D eigenvalue weighted by atomic mass is 32.2. The van der Waals surface area contributed by atoms with Gasteiger partial charge in [0.1, 0.15) is 0 Å². The fourth-order valence-corrected chi connectivity index (χ4v) is 1.40. The molecule has 0 aromatic rings. The zero-order valence-electron chi connectivity index (χ0n) is 7.41. The standard InChI is InChI=1S/C8H16O3S/c1-2-11-8(10)4-3-6-12-7-5-9/h9H,2-7H2,1H3. The maximum absolute atomic E-state index is 10.8. The molecule has 1 N–H and O–H groups in total. The van der Waals surface area contributed by atoms with Crippen molar-refractivity contribution in [2.45, 2.75) is 19.8 Å². The first-order chi connectivity index (χ1) is 5.81. The summed E-state index contributed by atoms with van der Waals surface area (Å²) >= 11 is 1.66. The summed E-state index contributed by atoms with van der Waals surface area (Å²) in [5, 5.41) is 8.45. The molecule has 0 aromatic heterocycles. The van der Waals surface area contributed by atoms with Gasteiger partial charge in [-0.05, 0) is 19.1 Å². The van der Waals surface area contributed by atoms with Gasteiger partial charge in [-0.2, -0.15) is 11.8 Å². The maximum Gasteiger partial charge on any atom is 0.305 e. The van der Waals surface area contributed by atoms with Crippen LogP contribution in [0.1, 0.15) is 19.8 Å². The van der Waals surface area contributed by atoms with Crippen LogP contribution in [-0.4, -0.2) is 35.8 Å². The quantitative estimate of drug-likeness (QED) is 0.484. The van der Waals surface area contributed by atoms with Gasteiger partial charge in [0.2, 0.25) is 0 Å². The molecule has 0 radical (unpaired) electrons. The van der Waals surface area contributed by atoms with Crippen LogP contribution < -0.4 is 0 Å². The van der Waals surface area contributed by atoms with Gasteiger partial charge >= 0.3 is 5.97 Å². The van der Waals surface area contributed by atoms with E-state index in [9.17, 15) is 4.79 Å². The Kier molecular flexibility index (Phi) is 8.71. The number of carbonyl (C=O) groups excluding carboxylic acids is 1. The Labute approximate surface area is 77.5 Å². The van der Waals surface area contributed by atoms with Crippen molar-refractivity contribution in [1.29, 1.82) is 0 Å². The number of hydrogen-bond acceptors (Lipinski definition) is 4. The van der Waals surface area contributed by atoms with Crippen LogP contribution in [0.25, 0.3) is 0 Å². The third kappa shape index (κ3) is 7.88. The summed E-state index contributed by atoms with van der Waals surface area (Å²) in [5.41, 5.74) is 0. The highest BCUT2D eigenvalue weighted by Crippen LogP contribution is 2.04. The van der Waals surface area contributed by atoms with E-state index in [2.05, 4.69) is 0 Å². The van der Waals surface area contributed by atoms with Gasteiger partial charge in [-0.1, -0.05) is 0 Å². The molecule has 0 rings (SSSR count). The van der Waals surface area contributed by atoms with Gasteiger partial charge in [0.05, 0.1) is 13.2 Å². The van der Waals surface area contributed by atoms with Crippen molar-refractivity contribution in [1.82, 2.24) is 0 Å². The molecule has 0 aromatic carbocycles. The molecule has 0 heterocycles. The second-order valence-electron chi connectivity index (χ2n) is 2.24. The summed E-state index contributed by atoms with van der Waals surface area (Å²) in [6.07, 6.45) is 1.33. The molecule has 0 amide bonds. The third-order valence-corrected chi connectivity index (χ3v) is 2.26. The van der Waals surface area contributed by atoms with Crippen LogP contribution in [-0.2, 0) is 9.53 Å². The highest BCUT2D eigenvalue weighted by molar-refractivity contribution is 7.99. The molecule has 0 fully saturated rings. The van der Waals surface area contributed by atoms with Gasteiger partial charge in [0, 0.05) is 12.2 Å². The number of esters is 1. The van der Waals surface area contributed by atoms with Gasteiger partial charge < -0.3 is 9.84 Å². The van der Waals surface area contributed by atoms with Crippen LogP contribution in [0.5, 0.6) is 0 Å². The summed E-state index contributed by atoms with van der Waals surface area (Å²) in [6, 6.07) is 0. The molecular weight excluding hydrogens is 176 g/mol. The Morgan fingerprint density at radius 3 is 2.83 bits per heavy atom. The topological polar surface area (TPSA) is 46.5 Å². The molecule has 0 unspecified atom stereocenters. The number of rotatable bonds is 7. The van der Waals surface area contributed by atoms with E-state index in [1.54, 1.807) is 18.7 Å². The minimum atomic E-state index is -0.123. The molecule has 0 saturated carbocycles. The molecule has 0 saturated heterocycles. The number of thioether (sulfide) groups is 1. The lowest BCUT2D eigenvalue weighted by atomic mass is 10.3. The van der Waals surface area contributed by atoms with Crippen molar-refractivity contribution in [2.75, 3.05) is 24.7 Å². The van der Waals surface area contributed by atoms with Gasteiger partial charge in [0.25, 0.3) is 0 Å². The molecule has 12 heavy (non-hydrogen) atoms. The molecule has 3 nitrogen and oxygen atoms in total. The largest absolute Gasteiger partial charge is 0.466 e. The van der Waals surface area contributed by atoms with Gasteiger partial charge in [-0.25, -0.2) is 0 Å². The number of aliphatic hydroxyl groups is 1. The van der Waals surface area contributed by atoms with Crippen molar-refractivity contribution in [3.05, 3.63) is 0 Å². The van der Waals surface area contributed by atoms with Crippen molar-refractivity contribution in [3.63, 3.8) is 0 Å². The second kappa shape index (κ2) is 8.87. The summed E-state index contributed by atoms with van der Waals surface area (Å²) in [6.45, 7) is 2.48. The first-order valence-corrected chi connectivity index (χ1v) is 5.31. The lowest BCUT2D eigenvalue weighted by molar-refractivity contribution is -0.143. The zero-order valence-corrected chi connectivity index (χ0v) is 8.23. The van der Waals surface area contributed by atoms with Crippen LogP contribution in [0, 0.1) is 0 Å². The summed E-state index contributed by atoms with van der Waals surface area (Å²) < 4.78 is 4.75. The number of hydrogen-bond donors (Lipinski definition) is 1. The molecule has 0 atom stereocenters. The van der Waals surface area contributed by atoms with Gasteiger partial charge in [-0.3, -0.25) is 4.79 Å². The van der Waals surface area contributed by atoms with Crippen molar-refractivity contribution < 1.29 is 14.6 Å². The average molecular weight is 192 g/mol. The van der Waals surface area contributed by atoms with Crippen molar-refractivity contribution in [2.24, 2.45) is 0 Å². The van der Waals surface area contributed by atoms with Crippen LogP contribution in [0.3, 0.4) is 0 Å². The molecule has 0 aliphatic carbocycles. The van der Waals surface area contributed by atoms with E-state index < -0.39 is 0 Å². The van der Waals surface area contributed by atoms with Crippen LogP contribution in [0.2, 0.25) is 0 Å². The Morgan fingerprint density at radius 2 is 2.25 bits per heavy atom. The molecular formula is C8H16O3S. The van der Waals surface area contributed by atoms with E-state index in [0.717, 1.165) is 17.9 Å². The maximum atomic E-state index is 10.8. The molecule has 0 aliphatic rings. The van der Waals surface area contributed by atoms with E-state index in [4.69, 9.17) is 9.84 Å². The molecule has 0 aliphatic heterocycles. The average Bonchev–Trinajstić information content (AvgIpc) is 2.05. The fourth-order valence-electron chi connectivity index (χ4n) is 0.718. The van der Waals surface area contributed by atoms with E-state index in [-0.39, 0.29) is 12.6 Å². The third-order valence-electron chi connectivity index (χ3n) is 1.21. The summed E-state index contributed by atoms with van der Waals surface area (Å²) in [5.74, 6) is 1.55. The van der Waals surface area contributed by atoms with Gasteiger partial charge in [0.15, 0.2) is 0 Å². The predicted octanol–water partition coefficient (Wildman–Crippen LogP) is 1.06. The van der Waals surface area contributed by atoms with Crippen LogP contribution >= 0.6 is 11.8 Å². The first kappa shape index (κ1) is 11.8. The molecule has 0 bridgehead atoms. The first-order valence-electron chi connectivity index (χ1n) is 4.15. The van der Waals surface area contributed by atoms with Crippen molar-refractivity contribution >= 4 is 17.7 Å². The molecule has 4 heteroatoms. The van der Waals surface area contributed by atoms with Crippen molar-refractivity contribution in [3.8, 4) is 0 Å². The number of ether oxygens (including phenoxy) is 1. The second-order valence-corrected chi connectivity index (χ2v) is 3.47. The Morgan fingerprint density at radius 1 is 1.50 bits per heavy atom. The van der Waals surface area contributed by atoms with E-state index in [0.29, 0.717) is 13.0 Å². The minimum Gasteiger partial charge on any atom is -0.466 e. The van der Waals surface area contributed by atoms with E-state index in [1.165, 1.54) is 0 Å². The number of aliphatic hydroxyl groups excluding tert-OH is 1. The van der Waals surface area contributed by atoms with E-state index >= 15 is 0 Å². The molecule has 72 valence electrons. The normalized spacial score (nSPS) is 9.83. The van der Waals surface area contributed by atoms with Crippen LogP contribution in [0.15, 0.2) is 0 Å². The molecule has 0 spiro atoms. The van der Waals surface area contributed by atoms with Crippen LogP contribution in [0.4, 0.5) is 0 Å². The zero-order chi connectivity index (χ0) is 9.23. The minimum absolute atomic E-state index is 0.123. The monoisotopic (exact) mass is 192 g/mol. The smallest absolute Gasteiger partial charge is 0.305 e. The number of carbonyl (C=O) groups is 1. The SMILES string of the molecule is CCOC(=O)CCCSCCO. The Hall–Kier alpha value is -0.220. The lowest BCUT2D eigenvalue weighted by Gasteiger charge is -2.00. The summed E-state index contributed by atoms with van der Waals surface area (Å²) in [4.78, 5) is 10.8. The predicted molar refractivity (Wildman–Crippen MR) is 50.3 cm³/mol. The fraction of sp³-hybridized carbons (Fsp3) is 0.875. The highest BCUT2D eigenvalue weighted by Gasteiger charge is 1.99. The summed E-state index contributed by atoms with van der Waals surface area (Å²) in [7, 11) is 0. The van der Waals surface area contributed by atoms with Gasteiger partial charge in [-0.15, -0.1) is 0 Å². The Bertz CT molecular complexity index is 117. The van der Waals surface area contributed by atoms with E-state index in [1.807, 2.05) is 0 Å². The Balaban J connectivity index is 3.03. The lowest BCUT2D eigenvalue weighted by Crippen LogP contribution is -2.04.